The van der Waals surface area contributed by atoms with Gasteiger partial charge in [0, 0.05) is 0 Å². The minimum atomic E-state index is -1.81. The van der Waals surface area contributed by atoms with E-state index in [1.807, 2.05) is 6.07 Å². The molecule has 1 aromatic heterocycles. The van der Waals surface area contributed by atoms with E-state index in [9.17, 15) is 4.79 Å². The lowest BCUT2D eigenvalue weighted by molar-refractivity contribution is 0.107. The van der Waals surface area contributed by atoms with Crippen molar-refractivity contribution in [3.63, 3.8) is 0 Å². The molecule has 0 amide bonds. The Labute approximate surface area is 116 Å². The van der Waals surface area contributed by atoms with Crippen molar-refractivity contribution in [2.24, 2.45) is 0 Å². The lowest BCUT2D eigenvalue weighted by atomic mass is 9.96. The molecule has 0 saturated carbocycles. The van der Waals surface area contributed by atoms with Gasteiger partial charge in [0.1, 0.15) is 11.9 Å². The van der Waals surface area contributed by atoms with E-state index >= 15 is 0 Å². The smallest absolute Gasteiger partial charge is 0.193 e. The second kappa shape index (κ2) is 4.91. The fourth-order valence-electron chi connectivity index (χ4n) is 2.24. The van der Waals surface area contributed by atoms with E-state index in [4.69, 9.17) is 8.84 Å². The standard InChI is InChI=1S/C15H24O3Si/c1-15(2,3)19(4,5)18-13-8-6-7-11-9-12(10-16)17-14(11)13/h9-10,13H,6-8H2,1-5H3. The molecule has 19 heavy (non-hydrogen) atoms. The third kappa shape index (κ3) is 2.84. The molecule has 1 heterocycles. The molecule has 0 saturated heterocycles. The van der Waals surface area contributed by atoms with E-state index in [0.717, 1.165) is 36.9 Å². The first kappa shape index (κ1) is 14.5. The number of aryl methyl sites for hydroxylation is 1. The lowest BCUT2D eigenvalue weighted by Gasteiger charge is -2.39. The zero-order valence-electron chi connectivity index (χ0n) is 12.6. The number of furan rings is 1. The van der Waals surface area contributed by atoms with Crippen molar-refractivity contribution < 1.29 is 13.6 Å². The van der Waals surface area contributed by atoms with Crippen LogP contribution in [0, 0.1) is 0 Å². The molecule has 1 atom stereocenters. The number of carbonyl (C=O) groups excluding carboxylic acids is 1. The normalized spacial score (nSPS) is 20.2. The number of aldehydes is 1. The molecule has 4 heteroatoms. The van der Waals surface area contributed by atoms with E-state index in [0.29, 0.717) is 5.76 Å². The largest absolute Gasteiger partial charge is 0.455 e. The van der Waals surface area contributed by atoms with Crippen LogP contribution in [0.5, 0.6) is 0 Å². The van der Waals surface area contributed by atoms with Gasteiger partial charge in [-0.25, -0.2) is 0 Å². The molecule has 1 unspecified atom stereocenters. The molecule has 0 N–H and O–H groups in total. The van der Waals surface area contributed by atoms with E-state index in [-0.39, 0.29) is 11.1 Å². The fourth-order valence-corrected chi connectivity index (χ4v) is 3.53. The fraction of sp³-hybridized carbons (Fsp3) is 0.667. The molecule has 0 aliphatic heterocycles. The number of hydrogen-bond acceptors (Lipinski definition) is 3. The zero-order chi connectivity index (χ0) is 14.3. The molecule has 1 aliphatic carbocycles. The summed E-state index contributed by atoms with van der Waals surface area (Å²) < 4.78 is 12.1. The van der Waals surface area contributed by atoms with Crippen molar-refractivity contribution >= 4 is 14.6 Å². The SMILES string of the molecule is CC(C)(C)[Si](C)(C)OC1CCCc2cc(C=O)oc21. The molecule has 0 bridgehead atoms. The Morgan fingerprint density at radius 2 is 2.11 bits per heavy atom. The van der Waals surface area contributed by atoms with E-state index < -0.39 is 8.32 Å². The molecule has 2 rings (SSSR count). The third-order valence-corrected chi connectivity index (χ3v) is 8.91. The van der Waals surface area contributed by atoms with Gasteiger partial charge in [0.25, 0.3) is 0 Å². The van der Waals surface area contributed by atoms with Crippen molar-refractivity contribution in [1.82, 2.24) is 0 Å². The molecule has 3 nitrogen and oxygen atoms in total. The van der Waals surface area contributed by atoms with Gasteiger partial charge >= 0.3 is 0 Å². The minimum absolute atomic E-state index is 0.0262. The quantitative estimate of drug-likeness (QED) is 0.605. The predicted molar refractivity (Wildman–Crippen MR) is 78.1 cm³/mol. The second-order valence-electron chi connectivity index (χ2n) is 6.92. The van der Waals surface area contributed by atoms with Gasteiger partial charge in [0.15, 0.2) is 20.4 Å². The van der Waals surface area contributed by atoms with Gasteiger partial charge < -0.3 is 8.84 Å². The topological polar surface area (TPSA) is 39.4 Å². The molecule has 106 valence electrons. The van der Waals surface area contributed by atoms with E-state index in [2.05, 4.69) is 33.9 Å². The van der Waals surface area contributed by atoms with Gasteiger partial charge in [-0.2, -0.15) is 0 Å². The molecule has 0 spiro atoms. The molecule has 0 fully saturated rings. The van der Waals surface area contributed by atoms with Gasteiger partial charge in [-0.15, -0.1) is 0 Å². The summed E-state index contributed by atoms with van der Waals surface area (Å²) in [5.41, 5.74) is 1.15. The Morgan fingerprint density at radius 1 is 1.42 bits per heavy atom. The summed E-state index contributed by atoms with van der Waals surface area (Å²) in [5, 5.41) is 0.185. The van der Waals surface area contributed by atoms with Crippen molar-refractivity contribution in [1.29, 1.82) is 0 Å². The van der Waals surface area contributed by atoms with Crippen LogP contribution in [0.25, 0.3) is 0 Å². The van der Waals surface area contributed by atoms with Crippen LogP contribution >= 0.6 is 0 Å². The molecule has 0 aromatic carbocycles. The molecular weight excluding hydrogens is 256 g/mol. The third-order valence-electron chi connectivity index (χ3n) is 4.42. The summed E-state index contributed by atoms with van der Waals surface area (Å²) in [4.78, 5) is 10.8. The highest BCUT2D eigenvalue weighted by molar-refractivity contribution is 6.74. The monoisotopic (exact) mass is 280 g/mol. The maximum Gasteiger partial charge on any atom is 0.193 e. The van der Waals surface area contributed by atoms with Crippen LogP contribution in [0.3, 0.4) is 0 Å². The summed E-state index contributed by atoms with van der Waals surface area (Å²) >= 11 is 0. The van der Waals surface area contributed by atoms with Crippen molar-refractivity contribution in [3.05, 3.63) is 23.2 Å². The second-order valence-corrected chi connectivity index (χ2v) is 11.7. The van der Waals surface area contributed by atoms with E-state index in [1.165, 1.54) is 0 Å². The van der Waals surface area contributed by atoms with Crippen LogP contribution in [0.4, 0.5) is 0 Å². The Hall–Kier alpha value is -0.873. The van der Waals surface area contributed by atoms with Gasteiger partial charge in [0.2, 0.25) is 0 Å². The van der Waals surface area contributed by atoms with Gasteiger partial charge in [-0.05, 0) is 49.0 Å². The number of carbonyl (C=O) groups is 1. The predicted octanol–water partition coefficient (Wildman–Crippen LogP) is 4.49. The molecule has 0 radical (unpaired) electrons. The first-order valence-electron chi connectivity index (χ1n) is 7.00. The van der Waals surface area contributed by atoms with E-state index in [1.54, 1.807) is 0 Å². The maximum absolute atomic E-state index is 10.8. The summed E-state index contributed by atoms with van der Waals surface area (Å²) in [6, 6.07) is 1.86. The first-order valence-corrected chi connectivity index (χ1v) is 9.91. The Morgan fingerprint density at radius 3 is 2.68 bits per heavy atom. The van der Waals surface area contributed by atoms with Crippen LogP contribution in [-0.4, -0.2) is 14.6 Å². The lowest BCUT2D eigenvalue weighted by Crippen LogP contribution is -2.42. The highest BCUT2D eigenvalue weighted by Gasteiger charge is 2.41. The minimum Gasteiger partial charge on any atom is -0.455 e. The van der Waals surface area contributed by atoms with Crippen LogP contribution in [0.1, 0.15) is 61.6 Å². The zero-order valence-corrected chi connectivity index (χ0v) is 13.6. The summed E-state index contributed by atoms with van der Waals surface area (Å²) in [7, 11) is -1.81. The highest BCUT2D eigenvalue weighted by atomic mass is 28.4. The summed E-state index contributed by atoms with van der Waals surface area (Å²) in [5.74, 6) is 1.31. The summed E-state index contributed by atoms with van der Waals surface area (Å²) in [6.07, 6.45) is 3.89. The first-order chi connectivity index (χ1) is 8.74. The van der Waals surface area contributed by atoms with Gasteiger partial charge in [-0.1, -0.05) is 20.8 Å². The van der Waals surface area contributed by atoms with Crippen LogP contribution < -0.4 is 0 Å². The molecular formula is C15H24O3Si. The van der Waals surface area contributed by atoms with Crippen LogP contribution in [0.15, 0.2) is 10.5 Å². The van der Waals surface area contributed by atoms with Gasteiger partial charge in [0.05, 0.1) is 0 Å². The Bertz CT molecular complexity index is 468. The van der Waals surface area contributed by atoms with Crippen molar-refractivity contribution in [3.8, 4) is 0 Å². The van der Waals surface area contributed by atoms with Gasteiger partial charge in [-0.3, -0.25) is 4.79 Å². The highest BCUT2D eigenvalue weighted by Crippen LogP contribution is 2.43. The maximum atomic E-state index is 10.8. The summed E-state index contributed by atoms with van der Waals surface area (Å²) in [6.45, 7) is 11.2. The van der Waals surface area contributed by atoms with Crippen LogP contribution in [-0.2, 0) is 10.8 Å². The average Bonchev–Trinajstić information content (AvgIpc) is 2.71. The molecule has 1 aromatic rings. The van der Waals surface area contributed by atoms with Crippen LogP contribution in [0.2, 0.25) is 18.1 Å². The molecule has 1 aliphatic rings. The Kier molecular flexibility index (Phi) is 3.75. The van der Waals surface area contributed by atoms with Crippen molar-refractivity contribution in [2.75, 3.05) is 0 Å². The average molecular weight is 280 g/mol. The Balaban J connectivity index is 2.24. The number of fused-ring (bicyclic) bond motifs is 1. The van der Waals surface area contributed by atoms with Crippen molar-refractivity contribution in [2.45, 2.75) is 64.3 Å². The number of hydrogen-bond donors (Lipinski definition) is 0. The number of rotatable bonds is 3.